The van der Waals surface area contributed by atoms with Gasteiger partial charge >= 0.3 is 12.0 Å². The molecule has 0 unspecified atom stereocenters. The predicted octanol–water partition coefficient (Wildman–Crippen LogP) is 2.10. The molecule has 1 heterocycles. The molecule has 0 saturated heterocycles. The molecule has 0 fully saturated rings. The van der Waals surface area contributed by atoms with Crippen LogP contribution in [0.4, 0.5) is 0 Å². The van der Waals surface area contributed by atoms with Crippen molar-refractivity contribution in [2.75, 3.05) is 0 Å². The van der Waals surface area contributed by atoms with E-state index in [9.17, 15) is 4.79 Å². The normalized spacial score (nSPS) is 10.3. The van der Waals surface area contributed by atoms with Gasteiger partial charge in [0.25, 0.3) is 0 Å². The Morgan fingerprint density at radius 2 is 2.06 bits per heavy atom. The number of ether oxygens (including phenoxy) is 1. The van der Waals surface area contributed by atoms with E-state index in [1.165, 1.54) is 18.3 Å². The molecule has 2 N–H and O–H groups in total. The summed E-state index contributed by atoms with van der Waals surface area (Å²) >= 11 is 0. The topological polar surface area (TPSA) is 84.6 Å². The van der Waals surface area contributed by atoms with Gasteiger partial charge in [-0.15, -0.1) is 0 Å². The Morgan fingerprint density at radius 1 is 1.39 bits per heavy atom. The van der Waals surface area contributed by atoms with E-state index < -0.39 is 5.97 Å². The number of hydrogen-bond acceptors (Lipinski definition) is 4. The van der Waals surface area contributed by atoms with Gasteiger partial charge in [-0.05, 0) is 31.2 Å². The highest BCUT2D eigenvalue weighted by molar-refractivity contribution is 5.85. The highest BCUT2D eigenvalue weighted by atomic mass is 16.5. The summed E-state index contributed by atoms with van der Waals surface area (Å²) in [6.45, 7) is 2.41. The number of hydrogen-bond donors (Lipinski definition) is 2. The zero-order valence-corrected chi connectivity index (χ0v) is 9.70. The third-order valence-corrected chi connectivity index (χ3v) is 2.35. The van der Waals surface area contributed by atoms with Gasteiger partial charge in [0, 0.05) is 12.7 Å². The first-order valence-electron chi connectivity index (χ1n) is 5.37. The molecule has 1 aromatic heterocycles. The lowest BCUT2D eigenvalue weighted by Crippen LogP contribution is -1.96. The van der Waals surface area contributed by atoms with Gasteiger partial charge in [0.2, 0.25) is 0 Å². The molecule has 0 radical (unpaired) electrons. The molecule has 0 amide bonds. The highest BCUT2D eigenvalue weighted by Gasteiger charge is 2.13. The molecule has 0 atom stereocenters. The van der Waals surface area contributed by atoms with Gasteiger partial charge in [-0.3, -0.25) is 0 Å². The van der Waals surface area contributed by atoms with Crippen LogP contribution in [0.25, 0.3) is 0 Å². The number of carboxylic acids is 1. The van der Waals surface area contributed by atoms with Gasteiger partial charge in [-0.2, -0.15) is 4.98 Å². The van der Waals surface area contributed by atoms with Crippen LogP contribution in [-0.4, -0.2) is 25.7 Å². The fourth-order valence-electron chi connectivity index (χ4n) is 1.43. The van der Waals surface area contributed by atoms with E-state index in [4.69, 9.17) is 14.9 Å². The summed E-state index contributed by atoms with van der Waals surface area (Å²) in [4.78, 5) is 14.7. The zero-order chi connectivity index (χ0) is 13.1. The Bertz CT molecular complexity index is 560. The van der Waals surface area contributed by atoms with Crippen molar-refractivity contribution in [3.8, 4) is 17.5 Å². The second-order valence-electron chi connectivity index (χ2n) is 3.60. The summed E-state index contributed by atoms with van der Waals surface area (Å²) in [5, 5.41) is 18.0. The van der Waals surface area contributed by atoms with Crippen LogP contribution in [0.1, 0.15) is 17.4 Å². The number of aromatic nitrogens is 2. The summed E-state index contributed by atoms with van der Waals surface area (Å²) in [6.07, 6.45) is 1.41. The monoisotopic (exact) mass is 248 g/mol. The van der Waals surface area contributed by atoms with Crippen molar-refractivity contribution in [3.05, 3.63) is 36.2 Å². The van der Waals surface area contributed by atoms with Crippen LogP contribution in [0, 0.1) is 0 Å². The van der Waals surface area contributed by atoms with E-state index in [2.05, 4.69) is 4.98 Å². The minimum Gasteiger partial charge on any atom is -0.508 e. The molecule has 2 aromatic rings. The molecule has 2 rings (SSSR count). The number of benzene rings is 1. The maximum Gasteiger partial charge on any atom is 0.356 e. The highest BCUT2D eigenvalue weighted by Crippen LogP contribution is 2.23. The molecular formula is C12H12N2O4. The molecule has 0 aliphatic rings. The van der Waals surface area contributed by atoms with E-state index in [0.717, 1.165) is 0 Å². The SMILES string of the molecule is CCn1cc(C(=O)O)nc1Oc1ccc(O)cc1. The van der Waals surface area contributed by atoms with Crippen LogP contribution >= 0.6 is 0 Å². The second-order valence-corrected chi connectivity index (χ2v) is 3.60. The second kappa shape index (κ2) is 4.79. The van der Waals surface area contributed by atoms with Crippen LogP contribution in [0.15, 0.2) is 30.5 Å². The molecule has 6 nitrogen and oxygen atoms in total. The molecule has 6 heteroatoms. The fraction of sp³-hybridized carbons (Fsp3) is 0.167. The molecule has 18 heavy (non-hydrogen) atoms. The van der Waals surface area contributed by atoms with E-state index in [-0.39, 0.29) is 17.5 Å². The van der Waals surface area contributed by atoms with Crippen molar-refractivity contribution in [3.63, 3.8) is 0 Å². The van der Waals surface area contributed by atoms with Crippen molar-refractivity contribution in [2.45, 2.75) is 13.5 Å². The van der Waals surface area contributed by atoms with Crippen molar-refractivity contribution in [1.82, 2.24) is 9.55 Å². The van der Waals surface area contributed by atoms with Gasteiger partial charge in [-0.1, -0.05) is 0 Å². The zero-order valence-electron chi connectivity index (χ0n) is 9.70. The summed E-state index contributed by atoms with van der Waals surface area (Å²) in [7, 11) is 0. The number of carbonyl (C=O) groups is 1. The molecule has 0 bridgehead atoms. The number of imidazole rings is 1. The van der Waals surface area contributed by atoms with Gasteiger partial charge < -0.3 is 19.5 Å². The van der Waals surface area contributed by atoms with Crippen molar-refractivity contribution >= 4 is 5.97 Å². The number of carboxylic acid groups (broad SMARTS) is 1. The van der Waals surface area contributed by atoms with E-state index in [0.29, 0.717) is 12.3 Å². The number of nitrogens with zero attached hydrogens (tertiary/aromatic N) is 2. The first kappa shape index (κ1) is 12.0. The van der Waals surface area contributed by atoms with Crippen LogP contribution < -0.4 is 4.74 Å². The minimum absolute atomic E-state index is 0.0642. The largest absolute Gasteiger partial charge is 0.508 e. The molecule has 0 saturated carbocycles. The average molecular weight is 248 g/mol. The van der Waals surface area contributed by atoms with E-state index in [1.54, 1.807) is 16.7 Å². The van der Waals surface area contributed by atoms with Gasteiger partial charge in [0.15, 0.2) is 5.69 Å². The molecule has 0 aliphatic carbocycles. The molecule has 1 aromatic carbocycles. The fourth-order valence-corrected chi connectivity index (χ4v) is 1.43. The Hall–Kier alpha value is -2.50. The van der Waals surface area contributed by atoms with Crippen molar-refractivity contribution in [1.29, 1.82) is 0 Å². The first-order chi connectivity index (χ1) is 8.60. The van der Waals surface area contributed by atoms with Crippen molar-refractivity contribution in [2.24, 2.45) is 0 Å². The van der Waals surface area contributed by atoms with Crippen LogP contribution in [0.3, 0.4) is 0 Å². The number of aryl methyl sites for hydroxylation is 1. The van der Waals surface area contributed by atoms with Crippen LogP contribution in [-0.2, 0) is 6.54 Å². The maximum absolute atomic E-state index is 10.8. The number of aromatic hydroxyl groups is 1. The quantitative estimate of drug-likeness (QED) is 0.865. The maximum atomic E-state index is 10.8. The third-order valence-electron chi connectivity index (χ3n) is 2.35. The molecular weight excluding hydrogens is 236 g/mol. The lowest BCUT2D eigenvalue weighted by molar-refractivity contribution is 0.0690. The number of aromatic carboxylic acids is 1. The Balaban J connectivity index is 2.27. The summed E-state index contributed by atoms with van der Waals surface area (Å²) in [6, 6.07) is 6.31. The lowest BCUT2D eigenvalue weighted by Gasteiger charge is -2.06. The van der Waals surface area contributed by atoms with E-state index >= 15 is 0 Å². The van der Waals surface area contributed by atoms with Crippen LogP contribution in [0.2, 0.25) is 0 Å². The molecule has 0 aliphatic heterocycles. The summed E-state index contributed by atoms with van der Waals surface area (Å²) < 4.78 is 7.06. The Kier molecular flexibility index (Phi) is 3.18. The van der Waals surface area contributed by atoms with Gasteiger partial charge in [0.1, 0.15) is 11.5 Å². The Morgan fingerprint density at radius 3 is 2.61 bits per heavy atom. The number of phenolic OH excluding ortho intramolecular Hbond substituents is 1. The van der Waals surface area contributed by atoms with Gasteiger partial charge in [-0.25, -0.2) is 4.79 Å². The standard InChI is InChI=1S/C12H12N2O4/c1-2-14-7-10(11(16)17)13-12(14)18-9-5-3-8(15)4-6-9/h3-7,15H,2H2,1H3,(H,16,17). The minimum atomic E-state index is -1.10. The average Bonchev–Trinajstić information content (AvgIpc) is 2.75. The number of phenols is 1. The first-order valence-corrected chi connectivity index (χ1v) is 5.37. The van der Waals surface area contributed by atoms with Crippen LogP contribution in [0.5, 0.6) is 17.5 Å². The molecule has 0 spiro atoms. The van der Waals surface area contributed by atoms with E-state index in [1.807, 2.05) is 6.92 Å². The summed E-state index contributed by atoms with van der Waals surface area (Å²) in [5.74, 6) is -0.491. The third kappa shape index (κ3) is 2.42. The van der Waals surface area contributed by atoms with Gasteiger partial charge in [0.05, 0.1) is 0 Å². The predicted molar refractivity (Wildman–Crippen MR) is 63.0 cm³/mol. The lowest BCUT2D eigenvalue weighted by atomic mass is 10.3. The Labute approximate surface area is 103 Å². The van der Waals surface area contributed by atoms with Crippen molar-refractivity contribution < 1.29 is 19.7 Å². The summed E-state index contributed by atoms with van der Waals surface area (Å²) in [5.41, 5.74) is -0.0642. The number of rotatable bonds is 4. The smallest absolute Gasteiger partial charge is 0.356 e. The molecule has 94 valence electrons.